The maximum absolute atomic E-state index is 12.9. The minimum atomic E-state index is -0.772. The van der Waals surface area contributed by atoms with Gasteiger partial charge in [0.05, 0.1) is 29.0 Å². The minimum Gasteiger partial charge on any atom is -0.507 e. The van der Waals surface area contributed by atoms with Gasteiger partial charge in [-0.2, -0.15) is 0 Å². The van der Waals surface area contributed by atoms with Gasteiger partial charge in [0.15, 0.2) is 0 Å². The largest absolute Gasteiger partial charge is 0.507 e. The van der Waals surface area contributed by atoms with E-state index < -0.39 is 17.7 Å². The van der Waals surface area contributed by atoms with E-state index in [2.05, 4.69) is 4.98 Å². The number of nitrogens with zero attached hydrogens (tertiary/aromatic N) is 2. The molecule has 1 amide bonds. The number of hydrogen-bond acceptors (Lipinski definition) is 5. The third-order valence-corrected chi connectivity index (χ3v) is 5.19. The van der Waals surface area contributed by atoms with Crippen LogP contribution in [0.1, 0.15) is 42.6 Å². The number of amides is 1. The summed E-state index contributed by atoms with van der Waals surface area (Å²) in [5, 5.41) is 11.5. The van der Waals surface area contributed by atoms with E-state index in [9.17, 15) is 14.7 Å². The van der Waals surface area contributed by atoms with Crippen molar-refractivity contribution in [2.24, 2.45) is 0 Å². The van der Waals surface area contributed by atoms with E-state index in [1.165, 1.54) is 12.0 Å². The van der Waals surface area contributed by atoms with Gasteiger partial charge in [0.2, 0.25) is 0 Å². The van der Waals surface area contributed by atoms with Crippen LogP contribution in [0.25, 0.3) is 5.76 Å². The molecule has 2 aromatic rings. The number of ketones is 1. The third-order valence-electron chi connectivity index (χ3n) is 4.91. The van der Waals surface area contributed by atoms with Gasteiger partial charge in [-0.25, -0.2) is 0 Å². The molecule has 3 rings (SSSR count). The van der Waals surface area contributed by atoms with Crippen LogP contribution in [0.5, 0.6) is 5.75 Å². The number of aryl methyl sites for hydroxylation is 1. The summed E-state index contributed by atoms with van der Waals surface area (Å²) in [7, 11) is 1.43. The lowest BCUT2D eigenvalue weighted by molar-refractivity contribution is -0.140. The summed E-state index contributed by atoms with van der Waals surface area (Å²) in [6.07, 6.45) is 3.19. The van der Waals surface area contributed by atoms with Gasteiger partial charge in [0.25, 0.3) is 11.7 Å². The number of methoxy groups -OCH3 is 1. The van der Waals surface area contributed by atoms with Crippen LogP contribution in [0, 0.1) is 6.92 Å². The Morgan fingerprint density at radius 2 is 2.07 bits per heavy atom. The number of rotatable bonds is 6. The van der Waals surface area contributed by atoms with Gasteiger partial charge in [-0.1, -0.05) is 31.0 Å². The Balaban J connectivity index is 2.24. The number of pyridine rings is 1. The van der Waals surface area contributed by atoms with Crippen molar-refractivity contribution in [1.82, 2.24) is 9.88 Å². The molecule has 1 aliphatic heterocycles. The van der Waals surface area contributed by atoms with Crippen LogP contribution in [-0.4, -0.2) is 40.3 Å². The number of carbonyl (C=O) groups is 2. The van der Waals surface area contributed by atoms with Crippen LogP contribution in [0.2, 0.25) is 5.02 Å². The first-order valence-corrected chi connectivity index (χ1v) is 9.82. The van der Waals surface area contributed by atoms with Crippen LogP contribution in [0.4, 0.5) is 0 Å². The lowest BCUT2D eigenvalue weighted by Crippen LogP contribution is -2.31. The van der Waals surface area contributed by atoms with E-state index in [0.717, 1.165) is 18.4 Å². The van der Waals surface area contributed by atoms with E-state index in [0.29, 0.717) is 17.3 Å². The molecule has 7 heteroatoms. The average molecular weight is 415 g/mol. The lowest BCUT2D eigenvalue weighted by atomic mass is 9.97. The number of unbranched alkanes of at least 4 members (excludes halogenated alkanes) is 1. The summed E-state index contributed by atoms with van der Waals surface area (Å²) >= 11 is 6.27. The number of aliphatic hydroxyl groups is 1. The zero-order valence-electron chi connectivity index (χ0n) is 16.6. The molecule has 152 valence electrons. The fraction of sp³-hybridized carbons (Fsp3) is 0.318. The van der Waals surface area contributed by atoms with Crippen molar-refractivity contribution in [3.8, 4) is 5.75 Å². The maximum atomic E-state index is 12.9. The molecule has 1 unspecified atom stereocenters. The van der Waals surface area contributed by atoms with E-state index in [4.69, 9.17) is 16.3 Å². The number of aliphatic hydroxyl groups excluding tert-OH is 1. The normalized spacial score (nSPS) is 18.3. The Morgan fingerprint density at radius 1 is 1.31 bits per heavy atom. The van der Waals surface area contributed by atoms with E-state index in [-0.39, 0.29) is 22.6 Å². The number of hydrogen-bond donors (Lipinski definition) is 1. The second-order valence-corrected chi connectivity index (χ2v) is 7.34. The molecule has 29 heavy (non-hydrogen) atoms. The van der Waals surface area contributed by atoms with Gasteiger partial charge < -0.3 is 14.7 Å². The van der Waals surface area contributed by atoms with Gasteiger partial charge in [0, 0.05) is 12.7 Å². The first-order valence-electron chi connectivity index (χ1n) is 9.44. The molecule has 1 aromatic carbocycles. The van der Waals surface area contributed by atoms with Gasteiger partial charge in [-0.3, -0.25) is 14.6 Å². The number of carbonyl (C=O) groups excluding carboxylic acids is 2. The van der Waals surface area contributed by atoms with E-state index in [1.807, 2.05) is 13.8 Å². The van der Waals surface area contributed by atoms with Crippen LogP contribution >= 0.6 is 11.6 Å². The van der Waals surface area contributed by atoms with Crippen molar-refractivity contribution in [2.75, 3.05) is 13.7 Å². The minimum absolute atomic E-state index is 0.00947. The standard InChI is InChI=1S/C22H23ClN2O4/c1-4-5-10-25-18(16-8-6-7-9-24-16)17(20(27)22(25)28)19(26)14-11-13(2)12-15(23)21(14)29-3/h6-9,11-12,18,26H,4-5,10H2,1-3H3/b19-17+. The molecular weight excluding hydrogens is 392 g/mol. The Bertz CT molecular complexity index is 972. The van der Waals surface area contributed by atoms with E-state index >= 15 is 0 Å². The summed E-state index contributed by atoms with van der Waals surface area (Å²) < 4.78 is 5.36. The second kappa shape index (κ2) is 8.66. The molecule has 0 saturated carbocycles. The molecule has 6 nitrogen and oxygen atoms in total. The van der Waals surface area contributed by atoms with Crippen LogP contribution in [0.15, 0.2) is 42.1 Å². The molecule has 1 fully saturated rings. The van der Waals surface area contributed by atoms with Crippen LogP contribution < -0.4 is 4.74 Å². The highest BCUT2D eigenvalue weighted by molar-refractivity contribution is 6.46. The molecule has 1 saturated heterocycles. The quantitative estimate of drug-likeness (QED) is 0.433. The number of benzene rings is 1. The van der Waals surface area contributed by atoms with Crippen molar-refractivity contribution in [2.45, 2.75) is 32.7 Å². The highest BCUT2D eigenvalue weighted by Gasteiger charge is 2.46. The average Bonchev–Trinajstić information content (AvgIpc) is 2.96. The molecule has 0 radical (unpaired) electrons. The van der Waals surface area contributed by atoms with E-state index in [1.54, 1.807) is 36.5 Å². The molecular formula is C22H23ClN2O4. The zero-order chi connectivity index (χ0) is 21.1. The molecule has 2 heterocycles. The maximum Gasteiger partial charge on any atom is 0.295 e. The van der Waals surface area contributed by atoms with Gasteiger partial charge in [-0.15, -0.1) is 0 Å². The number of likely N-dealkylation sites (tertiary alicyclic amines) is 1. The van der Waals surface area contributed by atoms with Crippen molar-refractivity contribution in [1.29, 1.82) is 0 Å². The molecule has 1 aromatic heterocycles. The summed E-state index contributed by atoms with van der Waals surface area (Å²) in [6, 6.07) is 7.88. The topological polar surface area (TPSA) is 79.7 Å². The number of Topliss-reactive ketones (excluding diaryl/α,β-unsaturated/α-hetero) is 1. The van der Waals surface area contributed by atoms with Crippen molar-refractivity contribution in [3.63, 3.8) is 0 Å². The number of halogens is 1. The van der Waals surface area contributed by atoms with Gasteiger partial charge in [0.1, 0.15) is 17.6 Å². The van der Waals surface area contributed by atoms with Crippen molar-refractivity contribution in [3.05, 3.63) is 63.9 Å². The van der Waals surface area contributed by atoms with Crippen molar-refractivity contribution < 1.29 is 19.4 Å². The predicted octanol–water partition coefficient (Wildman–Crippen LogP) is 4.27. The van der Waals surface area contributed by atoms with Gasteiger partial charge in [-0.05, 0) is 43.2 Å². The SMILES string of the molecule is CCCCN1C(=O)C(=O)/C(=C(/O)c2cc(C)cc(Cl)c2OC)C1c1ccccn1. The van der Waals surface area contributed by atoms with Crippen molar-refractivity contribution >= 4 is 29.1 Å². The van der Waals surface area contributed by atoms with Crippen LogP contribution in [-0.2, 0) is 9.59 Å². The molecule has 1 atom stereocenters. The monoisotopic (exact) mass is 414 g/mol. The fourth-order valence-electron chi connectivity index (χ4n) is 3.54. The first-order chi connectivity index (χ1) is 13.9. The molecule has 0 aliphatic carbocycles. The molecule has 1 aliphatic rings. The summed E-state index contributed by atoms with van der Waals surface area (Å²) in [5.41, 5.74) is 1.56. The second-order valence-electron chi connectivity index (χ2n) is 6.93. The number of aromatic nitrogens is 1. The Morgan fingerprint density at radius 3 is 2.69 bits per heavy atom. The Hall–Kier alpha value is -2.86. The summed E-state index contributed by atoms with van der Waals surface area (Å²) in [6.45, 7) is 4.22. The fourth-order valence-corrected chi connectivity index (χ4v) is 3.89. The highest BCUT2D eigenvalue weighted by atomic mass is 35.5. The third kappa shape index (κ3) is 3.85. The predicted molar refractivity (Wildman–Crippen MR) is 111 cm³/mol. The first kappa shape index (κ1) is 20.9. The molecule has 0 spiro atoms. The zero-order valence-corrected chi connectivity index (χ0v) is 17.4. The summed E-state index contributed by atoms with van der Waals surface area (Å²) in [5.74, 6) is -1.46. The Labute approximate surface area is 174 Å². The smallest absolute Gasteiger partial charge is 0.295 e. The lowest BCUT2D eigenvalue weighted by Gasteiger charge is -2.24. The molecule has 1 N–H and O–H groups in total. The summed E-state index contributed by atoms with van der Waals surface area (Å²) in [4.78, 5) is 31.5. The van der Waals surface area contributed by atoms with Crippen LogP contribution in [0.3, 0.4) is 0 Å². The number of ether oxygens (including phenoxy) is 1. The molecule has 0 bridgehead atoms. The highest BCUT2D eigenvalue weighted by Crippen LogP contribution is 2.42. The van der Waals surface area contributed by atoms with Gasteiger partial charge >= 0.3 is 0 Å². The Kier molecular flexibility index (Phi) is 6.23.